The Morgan fingerprint density at radius 1 is 1.17 bits per heavy atom. The highest BCUT2D eigenvalue weighted by Gasteiger charge is 2.30. The number of hydrogen-bond donors (Lipinski definition) is 1. The molecule has 128 valence electrons. The highest BCUT2D eigenvalue weighted by Crippen LogP contribution is 2.33. The first-order valence-corrected chi connectivity index (χ1v) is 8.38. The van der Waals surface area contributed by atoms with Crippen LogP contribution < -0.4 is 5.73 Å². The molecule has 0 aliphatic carbocycles. The molecule has 0 spiro atoms. The van der Waals surface area contributed by atoms with E-state index in [-0.39, 0.29) is 30.4 Å². The summed E-state index contributed by atoms with van der Waals surface area (Å²) in [4.78, 5) is 14.7. The molecule has 2 aromatic carbocycles. The molecule has 2 atom stereocenters. The number of rotatable bonds is 4. The van der Waals surface area contributed by atoms with E-state index in [1.807, 2.05) is 59.5 Å². The minimum atomic E-state index is -0.254. The number of carbonyl (C=O) groups is 1. The summed E-state index contributed by atoms with van der Waals surface area (Å²) in [5.41, 5.74) is 8.35. The van der Waals surface area contributed by atoms with Crippen LogP contribution in [0.15, 0.2) is 54.6 Å². The van der Waals surface area contributed by atoms with Gasteiger partial charge in [-0.1, -0.05) is 54.1 Å². The maximum absolute atomic E-state index is 12.7. The summed E-state index contributed by atoms with van der Waals surface area (Å²) in [6.45, 7) is 0.799. The molecule has 0 aromatic heterocycles. The highest BCUT2D eigenvalue weighted by molar-refractivity contribution is 6.30. The first-order valence-electron chi connectivity index (χ1n) is 8.00. The number of halogens is 2. The van der Waals surface area contributed by atoms with E-state index in [1.54, 1.807) is 0 Å². The van der Waals surface area contributed by atoms with Crippen LogP contribution in [-0.4, -0.2) is 17.4 Å². The van der Waals surface area contributed by atoms with Crippen LogP contribution in [0, 0.1) is 0 Å². The largest absolute Gasteiger partial charge is 0.336 e. The second-order valence-corrected chi connectivity index (χ2v) is 6.45. The Balaban J connectivity index is 0.00000208. The first-order chi connectivity index (χ1) is 11.1. The van der Waals surface area contributed by atoms with Crippen LogP contribution in [0.2, 0.25) is 5.02 Å². The first kappa shape index (κ1) is 18.8. The summed E-state index contributed by atoms with van der Waals surface area (Å²) >= 11 is 5.96. The number of hydrogen-bond acceptors (Lipinski definition) is 2. The predicted molar refractivity (Wildman–Crippen MR) is 100 cm³/mol. The molecule has 1 aliphatic heterocycles. The van der Waals surface area contributed by atoms with Gasteiger partial charge in [0.05, 0.1) is 6.04 Å². The van der Waals surface area contributed by atoms with Gasteiger partial charge in [-0.25, -0.2) is 0 Å². The van der Waals surface area contributed by atoms with Crippen molar-refractivity contribution < 1.29 is 4.79 Å². The van der Waals surface area contributed by atoms with Gasteiger partial charge in [0.25, 0.3) is 0 Å². The van der Waals surface area contributed by atoms with Gasteiger partial charge in [0.15, 0.2) is 0 Å². The van der Waals surface area contributed by atoms with Crippen LogP contribution in [0.4, 0.5) is 0 Å². The zero-order valence-corrected chi connectivity index (χ0v) is 15.0. The maximum Gasteiger partial charge on any atom is 0.224 e. The third-order valence-electron chi connectivity index (χ3n) is 4.45. The number of benzene rings is 2. The van der Waals surface area contributed by atoms with Crippen molar-refractivity contribution in [2.75, 3.05) is 6.54 Å². The van der Waals surface area contributed by atoms with Crippen LogP contribution >= 0.6 is 24.0 Å². The van der Waals surface area contributed by atoms with Crippen molar-refractivity contribution in [3.05, 3.63) is 70.7 Å². The molecule has 2 N–H and O–H groups in total. The fraction of sp³-hybridized carbons (Fsp3) is 0.316. The smallest absolute Gasteiger partial charge is 0.224 e. The highest BCUT2D eigenvalue weighted by atomic mass is 35.5. The lowest BCUT2D eigenvalue weighted by molar-refractivity contribution is -0.132. The second-order valence-electron chi connectivity index (χ2n) is 6.02. The van der Waals surface area contributed by atoms with Crippen LogP contribution in [0.25, 0.3) is 0 Å². The summed E-state index contributed by atoms with van der Waals surface area (Å²) in [5, 5.41) is 0.718. The van der Waals surface area contributed by atoms with Gasteiger partial charge in [-0.05, 0) is 36.1 Å². The van der Waals surface area contributed by atoms with Crippen molar-refractivity contribution in [3.63, 3.8) is 0 Å². The summed E-state index contributed by atoms with van der Waals surface area (Å²) in [5.74, 6) is 0.124. The molecule has 3 nitrogen and oxygen atoms in total. The Morgan fingerprint density at radius 3 is 2.50 bits per heavy atom. The molecule has 5 heteroatoms. The normalized spacial score (nSPS) is 18.1. The molecule has 0 bridgehead atoms. The number of carbonyl (C=O) groups excluding carboxylic acids is 1. The number of amides is 1. The quantitative estimate of drug-likeness (QED) is 0.866. The zero-order chi connectivity index (χ0) is 16.2. The average molecular weight is 365 g/mol. The van der Waals surface area contributed by atoms with E-state index >= 15 is 0 Å². The van der Waals surface area contributed by atoms with Crippen LogP contribution in [-0.2, 0) is 4.79 Å². The van der Waals surface area contributed by atoms with Gasteiger partial charge in [0, 0.05) is 24.0 Å². The standard InChI is InChI=1S/C19H21ClN2O.ClH/c20-16-10-8-15(9-11-16)18-7-4-12-22(18)19(23)13-17(21)14-5-2-1-3-6-14;/h1-3,5-6,8-11,17-18H,4,7,12-13,21H2;1H. The topological polar surface area (TPSA) is 46.3 Å². The van der Waals surface area contributed by atoms with E-state index in [1.165, 1.54) is 0 Å². The lowest BCUT2D eigenvalue weighted by atomic mass is 10.0. The average Bonchev–Trinajstić information content (AvgIpc) is 3.06. The SMILES string of the molecule is Cl.NC(CC(=O)N1CCCC1c1ccc(Cl)cc1)c1ccccc1. The molecule has 1 amide bonds. The van der Waals surface area contributed by atoms with E-state index in [0.717, 1.165) is 35.5 Å². The van der Waals surface area contributed by atoms with Crippen molar-refractivity contribution in [3.8, 4) is 0 Å². The summed E-state index contributed by atoms with van der Waals surface area (Å²) in [7, 11) is 0. The molecule has 1 heterocycles. The Labute approximate surface area is 154 Å². The third kappa shape index (κ3) is 4.29. The molecule has 1 fully saturated rings. The molecule has 2 unspecified atom stereocenters. The van der Waals surface area contributed by atoms with Gasteiger partial charge in [-0.3, -0.25) is 4.79 Å². The van der Waals surface area contributed by atoms with Gasteiger partial charge in [-0.15, -0.1) is 12.4 Å². The van der Waals surface area contributed by atoms with Crippen LogP contribution in [0.5, 0.6) is 0 Å². The maximum atomic E-state index is 12.7. The van der Waals surface area contributed by atoms with Crippen LogP contribution in [0.1, 0.15) is 42.5 Å². The molecule has 1 saturated heterocycles. The molecular formula is C19H22Cl2N2O. The molecular weight excluding hydrogens is 343 g/mol. The lowest BCUT2D eigenvalue weighted by Crippen LogP contribution is -2.32. The van der Waals surface area contributed by atoms with Gasteiger partial charge in [0.1, 0.15) is 0 Å². The van der Waals surface area contributed by atoms with Gasteiger partial charge in [-0.2, -0.15) is 0 Å². The molecule has 0 saturated carbocycles. The number of nitrogens with two attached hydrogens (primary N) is 1. The summed E-state index contributed by atoms with van der Waals surface area (Å²) in [6, 6.07) is 17.5. The van der Waals surface area contributed by atoms with Gasteiger partial charge in [0.2, 0.25) is 5.91 Å². The fourth-order valence-electron chi connectivity index (χ4n) is 3.22. The number of likely N-dealkylation sites (tertiary alicyclic amines) is 1. The van der Waals surface area contributed by atoms with Crippen molar-refractivity contribution in [1.29, 1.82) is 0 Å². The Bertz CT molecular complexity index is 661. The van der Waals surface area contributed by atoms with Crippen molar-refractivity contribution >= 4 is 29.9 Å². The fourth-order valence-corrected chi connectivity index (χ4v) is 3.35. The zero-order valence-electron chi connectivity index (χ0n) is 13.4. The Morgan fingerprint density at radius 2 is 1.83 bits per heavy atom. The van der Waals surface area contributed by atoms with Crippen molar-refractivity contribution in [2.24, 2.45) is 5.73 Å². The van der Waals surface area contributed by atoms with E-state index in [4.69, 9.17) is 17.3 Å². The van der Waals surface area contributed by atoms with E-state index in [9.17, 15) is 4.79 Å². The third-order valence-corrected chi connectivity index (χ3v) is 4.70. The van der Waals surface area contributed by atoms with Gasteiger partial charge < -0.3 is 10.6 Å². The van der Waals surface area contributed by atoms with Crippen molar-refractivity contribution in [2.45, 2.75) is 31.3 Å². The van der Waals surface area contributed by atoms with E-state index in [2.05, 4.69) is 0 Å². The van der Waals surface area contributed by atoms with E-state index in [0.29, 0.717) is 6.42 Å². The number of nitrogens with zero attached hydrogens (tertiary/aromatic N) is 1. The minimum Gasteiger partial charge on any atom is -0.336 e. The second kappa shape index (κ2) is 8.52. The van der Waals surface area contributed by atoms with Gasteiger partial charge >= 0.3 is 0 Å². The van der Waals surface area contributed by atoms with Crippen molar-refractivity contribution in [1.82, 2.24) is 4.90 Å². The minimum absolute atomic E-state index is 0. The molecule has 0 radical (unpaired) electrons. The Hall–Kier alpha value is -1.55. The molecule has 2 aromatic rings. The monoisotopic (exact) mass is 364 g/mol. The molecule has 1 aliphatic rings. The summed E-state index contributed by atoms with van der Waals surface area (Å²) in [6.07, 6.45) is 2.36. The Kier molecular flexibility index (Phi) is 6.67. The molecule has 3 rings (SSSR count). The predicted octanol–water partition coefficient (Wildman–Crippen LogP) is 4.52. The molecule has 24 heavy (non-hydrogen) atoms. The summed E-state index contributed by atoms with van der Waals surface area (Å²) < 4.78 is 0. The van der Waals surface area contributed by atoms with Crippen LogP contribution in [0.3, 0.4) is 0 Å². The lowest BCUT2D eigenvalue weighted by Gasteiger charge is -2.26. The van der Waals surface area contributed by atoms with E-state index < -0.39 is 0 Å².